The van der Waals surface area contributed by atoms with Crippen LogP contribution in [0.4, 0.5) is 5.95 Å². The summed E-state index contributed by atoms with van der Waals surface area (Å²) in [5, 5.41) is 9.62. The monoisotopic (exact) mass is 269 g/mol. The van der Waals surface area contributed by atoms with Crippen molar-refractivity contribution in [2.75, 3.05) is 11.9 Å². The number of aromatic amines is 1. The molecule has 0 bridgehead atoms. The molecule has 0 fully saturated rings. The van der Waals surface area contributed by atoms with E-state index in [-0.39, 0.29) is 17.3 Å². The zero-order chi connectivity index (χ0) is 13.0. The maximum absolute atomic E-state index is 5.78. The minimum Gasteiger partial charge on any atom is -0.464 e. The highest BCUT2D eigenvalue weighted by Gasteiger charge is 2.12. The van der Waals surface area contributed by atoms with Crippen molar-refractivity contribution in [2.45, 2.75) is 19.9 Å². The third kappa shape index (κ3) is 3.04. The number of aromatic nitrogens is 6. The van der Waals surface area contributed by atoms with Gasteiger partial charge in [0.05, 0.1) is 12.6 Å². The summed E-state index contributed by atoms with van der Waals surface area (Å²) in [6.07, 6.45) is 1.43. The fraction of sp³-hybridized carbons (Fsp3) is 0.444. The Morgan fingerprint density at radius 2 is 2.28 bits per heavy atom. The lowest BCUT2D eigenvalue weighted by atomic mass is 10.3. The van der Waals surface area contributed by atoms with Crippen molar-refractivity contribution in [3.63, 3.8) is 0 Å². The van der Waals surface area contributed by atoms with E-state index in [0.29, 0.717) is 18.4 Å². The molecule has 18 heavy (non-hydrogen) atoms. The van der Waals surface area contributed by atoms with Crippen molar-refractivity contribution in [1.29, 1.82) is 0 Å². The zero-order valence-corrected chi connectivity index (χ0v) is 10.6. The van der Waals surface area contributed by atoms with Crippen LogP contribution in [0.2, 0.25) is 5.28 Å². The number of hydrogen-bond acceptors (Lipinski definition) is 7. The van der Waals surface area contributed by atoms with Crippen LogP contribution >= 0.6 is 11.6 Å². The lowest BCUT2D eigenvalue weighted by Crippen LogP contribution is -2.12. The molecule has 2 aromatic heterocycles. The highest BCUT2D eigenvalue weighted by atomic mass is 35.5. The average molecular weight is 270 g/mol. The molecule has 9 heteroatoms. The average Bonchev–Trinajstić information content (AvgIpc) is 2.81. The van der Waals surface area contributed by atoms with Crippen molar-refractivity contribution in [2.24, 2.45) is 0 Å². The lowest BCUT2D eigenvalue weighted by Gasteiger charge is -2.11. The summed E-state index contributed by atoms with van der Waals surface area (Å²) >= 11 is 5.78. The highest BCUT2D eigenvalue weighted by molar-refractivity contribution is 6.28. The van der Waals surface area contributed by atoms with Crippen LogP contribution < -0.4 is 10.1 Å². The summed E-state index contributed by atoms with van der Waals surface area (Å²) in [5.74, 6) is 0.992. The van der Waals surface area contributed by atoms with E-state index < -0.39 is 0 Å². The summed E-state index contributed by atoms with van der Waals surface area (Å²) in [6, 6.07) is 0.0465. The van der Waals surface area contributed by atoms with E-state index in [0.717, 1.165) is 0 Å². The molecule has 0 amide bonds. The molecule has 0 spiro atoms. The molecule has 1 atom stereocenters. The maximum Gasteiger partial charge on any atom is 0.322 e. The van der Waals surface area contributed by atoms with Gasteiger partial charge in [-0.25, -0.2) is 4.98 Å². The number of nitrogens with one attached hydrogen (secondary N) is 2. The van der Waals surface area contributed by atoms with Gasteiger partial charge in [-0.05, 0) is 25.4 Å². The third-order valence-corrected chi connectivity index (χ3v) is 2.22. The van der Waals surface area contributed by atoms with Crippen molar-refractivity contribution < 1.29 is 4.74 Å². The summed E-state index contributed by atoms with van der Waals surface area (Å²) < 4.78 is 5.18. The largest absolute Gasteiger partial charge is 0.464 e. The molecule has 0 radical (unpaired) electrons. The number of halogens is 1. The Morgan fingerprint density at radius 3 is 2.94 bits per heavy atom. The van der Waals surface area contributed by atoms with Gasteiger partial charge in [-0.1, -0.05) is 0 Å². The molecule has 96 valence electrons. The van der Waals surface area contributed by atoms with Gasteiger partial charge in [0.2, 0.25) is 11.2 Å². The van der Waals surface area contributed by atoms with E-state index in [1.165, 1.54) is 6.33 Å². The number of nitrogens with zero attached hydrogens (tertiary/aromatic N) is 5. The molecule has 0 aliphatic rings. The van der Waals surface area contributed by atoms with Crippen LogP contribution in [-0.2, 0) is 0 Å². The minimum atomic E-state index is -0.138. The predicted molar refractivity (Wildman–Crippen MR) is 64.4 cm³/mol. The molecule has 0 aliphatic heterocycles. The van der Waals surface area contributed by atoms with Crippen LogP contribution in [0.15, 0.2) is 6.33 Å². The quantitative estimate of drug-likeness (QED) is 0.841. The fourth-order valence-corrected chi connectivity index (χ4v) is 1.43. The number of ether oxygens (including phenoxy) is 1. The first-order valence-corrected chi connectivity index (χ1v) is 5.73. The fourth-order valence-electron chi connectivity index (χ4n) is 1.28. The Hall–Kier alpha value is -1.96. The Bertz CT molecular complexity index is 504. The lowest BCUT2D eigenvalue weighted by molar-refractivity contribution is 0.312. The smallest absolute Gasteiger partial charge is 0.322 e. The Kier molecular flexibility index (Phi) is 3.88. The number of H-pyrrole nitrogens is 1. The molecule has 1 unspecified atom stereocenters. The van der Waals surface area contributed by atoms with Crippen LogP contribution in [0.1, 0.15) is 25.7 Å². The van der Waals surface area contributed by atoms with Gasteiger partial charge in [0, 0.05) is 0 Å². The molecule has 2 N–H and O–H groups in total. The molecule has 0 aliphatic carbocycles. The van der Waals surface area contributed by atoms with E-state index in [1.807, 2.05) is 13.8 Å². The Labute approximate surface area is 108 Å². The van der Waals surface area contributed by atoms with Crippen LogP contribution in [0.5, 0.6) is 6.01 Å². The molecule has 0 saturated carbocycles. The van der Waals surface area contributed by atoms with Crippen molar-refractivity contribution in [1.82, 2.24) is 30.1 Å². The van der Waals surface area contributed by atoms with Crippen LogP contribution in [-0.4, -0.2) is 36.7 Å². The van der Waals surface area contributed by atoms with Crippen molar-refractivity contribution in [3.8, 4) is 6.01 Å². The number of hydrogen-bond donors (Lipinski definition) is 2. The summed E-state index contributed by atoms with van der Waals surface area (Å²) in [5.41, 5.74) is 0. The van der Waals surface area contributed by atoms with E-state index in [2.05, 4.69) is 35.5 Å². The first-order chi connectivity index (χ1) is 8.69. The maximum atomic E-state index is 5.78. The van der Waals surface area contributed by atoms with E-state index in [4.69, 9.17) is 16.3 Å². The van der Waals surface area contributed by atoms with Gasteiger partial charge < -0.3 is 10.1 Å². The molecule has 0 aromatic carbocycles. The number of rotatable bonds is 5. The van der Waals surface area contributed by atoms with Gasteiger partial charge in [-0.15, -0.1) is 0 Å². The third-order valence-electron chi connectivity index (χ3n) is 2.05. The van der Waals surface area contributed by atoms with Crippen LogP contribution in [0, 0.1) is 0 Å². The van der Waals surface area contributed by atoms with E-state index in [9.17, 15) is 0 Å². The summed E-state index contributed by atoms with van der Waals surface area (Å²) in [4.78, 5) is 15.9. The number of anilines is 1. The van der Waals surface area contributed by atoms with E-state index in [1.54, 1.807) is 0 Å². The first-order valence-electron chi connectivity index (χ1n) is 5.35. The first kappa shape index (κ1) is 12.5. The minimum absolute atomic E-state index is 0.0701. The molecule has 2 rings (SSSR count). The normalized spacial score (nSPS) is 12.2. The Morgan fingerprint density at radius 1 is 1.44 bits per heavy atom. The Balaban J connectivity index is 2.13. The molecule has 8 nitrogen and oxygen atoms in total. The second-order valence-electron chi connectivity index (χ2n) is 3.38. The standard InChI is InChI=1S/C9H12ClN7O/c1-3-18-9-15-7(10)14-8(16-9)13-5(2)6-11-4-12-17-6/h4-5H,3H2,1-2H3,(H,11,12,17)(H,13,14,15,16). The SMILES string of the molecule is CCOc1nc(Cl)nc(NC(C)c2ncn[nH]2)n1. The van der Waals surface area contributed by atoms with Gasteiger partial charge in [0.15, 0.2) is 0 Å². The molecular weight excluding hydrogens is 258 g/mol. The predicted octanol–water partition coefficient (Wildman–Crippen LogP) is 1.21. The molecule has 0 saturated heterocycles. The summed E-state index contributed by atoms with van der Waals surface area (Å²) in [7, 11) is 0. The van der Waals surface area contributed by atoms with Crippen molar-refractivity contribution >= 4 is 17.5 Å². The molecular formula is C9H12ClN7O. The van der Waals surface area contributed by atoms with Crippen LogP contribution in [0.3, 0.4) is 0 Å². The molecule has 2 aromatic rings. The van der Waals surface area contributed by atoms with Gasteiger partial charge >= 0.3 is 6.01 Å². The van der Waals surface area contributed by atoms with Crippen molar-refractivity contribution in [3.05, 3.63) is 17.4 Å². The van der Waals surface area contributed by atoms with Gasteiger partial charge in [-0.2, -0.15) is 20.1 Å². The van der Waals surface area contributed by atoms with Gasteiger partial charge in [0.1, 0.15) is 12.2 Å². The summed E-state index contributed by atoms with van der Waals surface area (Å²) in [6.45, 7) is 4.18. The second kappa shape index (κ2) is 5.58. The zero-order valence-electron chi connectivity index (χ0n) is 9.88. The highest BCUT2D eigenvalue weighted by Crippen LogP contribution is 2.16. The second-order valence-corrected chi connectivity index (χ2v) is 3.72. The van der Waals surface area contributed by atoms with Gasteiger partial charge in [-0.3, -0.25) is 5.10 Å². The van der Waals surface area contributed by atoms with Gasteiger partial charge in [0.25, 0.3) is 0 Å². The van der Waals surface area contributed by atoms with Crippen LogP contribution in [0.25, 0.3) is 0 Å². The molecule has 2 heterocycles. The van der Waals surface area contributed by atoms with E-state index >= 15 is 0 Å². The topological polar surface area (TPSA) is 102 Å².